The second-order valence-electron chi connectivity index (χ2n) is 14.3. The van der Waals surface area contributed by atoms with E-state index in [-0.39, 0.29) is 0 Å². The van der Waals surface area contributed by atoms with Crippen molar-refractivity contribution in [3.05, 3.63) is 42.5 Å². The number of benzene rings is 2. The van der Waals surface area contributed by atoms with E-state index in [9.17, 15) is 38.4 Å². The number of rotatable bonds is 14. The van der Waals surface area contributed by atoms with Crippen molar-refractivity contribution >= 4 is 80.9 Å². The maximum atomic E-state index is 12.3. The van der Waals surface area contributed by atoms with E-state index in [1.165, 1.54) is 13.8 Å². The van der Waals surface area contributed by atoms with Crippen LogP contribution in [-0.2, 0) is 85.7 Å². The molecule has 21 nitrogen and oxygen atoms in total. The minimum absolute atomic E-state index is 0.400. The fraction of sp³-hybridized carbons (Fsp3) is 0.488. The Hall–Kier alpha value is -6.61. The van der Waals surface area contributed by atoms with E-state index in [0.717, 1.165) is 41.5 Å². The molecule has 2 N–H and O–H groups in total. The summed E-state index contributed by atoms with van der Waals surface area (Å²) in [6.07, 6.45) is -13.0. The van der Waals surface area contributed by atoms with Gasteiger partial charge < -0.3 is 58.0 Å². The molecule has 2 aliphatic rings. The molecule has 3 heterocycles. The van der Waals surface area contributed by atoms with E-state index in [4.69, 9.17) is 52.4 Å². The molecule has 2 saturated heterocycles. The summed E-state index contributed by atoms with van der Waals surface area (Å²) in [5.41, 5.74) is 1.74. The highest BCUT2D eigenvalue weighted by molar-refractivity contribution is 5.95. The van der Waals surface area contributed by atoms with Gasteiger partial charge in [-0.25, -0.2) is 4.98 Å². The van der Waals surface area contributed by atoms with Crippen molar-refractivity contribution in [2.45, 2.75) is 117 Å². The number of fused-ring (bicyclic) bond motifs is 2. The number of aromatic nitrogens is 1. The summed E-state index contributed by atoms with van der Waals surface area (Å²) in [5.74, 6) is -5.92. The number of pyridine rings is 1. The average molecular weight is 870 g/mol. The van der Waals surface area contributed by atoms with Crippen LogP contribution >= 0.6 is 0 Å². The number of hydrogen-bond donors (Lipinski definition) is 2. The zero-order valence-electron chi connectivity index (χ0n) is 35.0. The number of ether oxygens (including phenoxy) is 10. The Bertz CT molecular complexity index is 2070. The van der Waals surface area contributed by atoms with Crippen LogP contribution < -0.4 is 10.6 Å². The summed E-state index contributed by atoms with van der Waals surface area (Å²) in [6, 6.07) is 12.1. The lowest BCUT2D eigenvalue weighted by Gasteiger charge is -2.44. The van der Waals surface area contributed by atoms with Crippen molar-refractivity contribution in [2.24, 2.45) is 0 Å². The minimum atomic E-state index is -1.39. The van der Waals surface area contributed by atoms with Crippen LogP contribution in [-0.4, -0.2) is 127 Å². The van der Waals surface area contributed by atoms with Gasteiger partial charge >= 0.3 is 47.8 Å². The van der Waals surface area contributed by atoms with E-state index < -0.39 is 122 Å². The average Bonchev–Trinajstić information content (AvgIpc) is 3.16. The largest absolute Gasteiger partial charge is 0.463 e. The highest BCUT2D eigenvalue weighted by atomic mass is 16.7. The summed E-state index contributed by atoms with van der Waals surface area (Å²) in [6.45, 7) is 8.30. The van der Waals surface area contributed by atoms with Crippen LogP contribution in [0.4, 0.5) is 11.4 Å². The van der Waals surface area contributed by atoms with E-state index in [2.05, 4.69) is 10.6 Å². The molecule has 10 atom stereocenters. The van der Waals surface area contributed by atoms with Crippen molar-refractivity contribution in [3.63, 3.8) is 0 Å². The quantitative estimate of drug-likeness (QED) is 0.134. The number of esters is 8. The normalized spacial score (nSPS) is 25.6. The van der Waals surface area contributed by atoms with E-state index in [0.29, 0.717) is 33.2 Å². The van der Waals surface area contributed by atoms with Crippen molar-refractivity contribution in [3.8, 4) is 0 Å². The van der Waals surface area contributed by atoms with E-state index in [1.807, 2.05) is 6.07 Å². The first kappa shape index (κ1) is 46.5. The SMILES string of the molecule is CC(=O)OC[C@H]1O[C@H](Nc2ccc3cc4ccc(N[C@H]5O[C@H](COC(C)=O)[C@H](OC(C)=O)[C@H](OC(C)=O)[C@H]5OC(C)=O)cc4nc3c2)[C@H](OC(C)=O)[C@@H](OC(C)=O)[C@H]1OC(C)=O. The van der Waals surface area contributed by atoms with Crippen LogP contribution in [0.3, 0.4) is 0 Å². The number of carbonyl (C=O) groups excluding carboxylic acids is 8. The molecule has 2 aromatic carbocycles. The summed E-state index contributed by atoms with van der Waals surface area (Å²) >= 11 is 0. The van der Waals surface area contributed by atoms with Gasteiger partial charge in [0.1, 0.15) is 25.4 Å². The fourth-order valence-corrected chi connectivity index (χ4v) is 7.02. The molecule has 0 saturated carbocycles. The predicted octanol–water partition coefficient (Wildman–Crippen LogP) is 2.38. The molecule has 0 unspecified atom stereocenters. The molecule has 2 fully saturated rings. The van der Waals surface area contributed by atoms with Gasteiger partial charge in [-0.2, -0.15) is 0 Å². The standard InChI is InChI=1S/C41H47N3O18/c1-18(45)53-16-32-34(55-20(3)47)36(57-22(5)49)38(59-24(7)51)40(61-32)42-28-11-9-26-13-27-10-12-29(15-31(27)44-30(26)14-28)43-41-39(60-25(8)52)37(58-23(6)50)35(56-21(4)48)33(62-41)17-54-19(2)46/h9-15,32-43H,16-17H2,1-8H3/t32-,33-,34+,35+,36+,37+,38-,39-,40+,41+/m1/s1. The molecule has 21 heteroatoms. The van der Waals surface area contributed by atoms with Crippen LogP contribution in [0.25, 0.3) is 21.8 Å². The number of hydrogen-bond acceptors (Lipinski definition) is 21. The predicted molar refractivity (Wildman–Crippen MR) is 210 cm³/mol. The lowest BCUT2D eigenvalue weighted by molar-refractivity contribution is -0.247. The second kappa shape index (κ2) is 20.3. The third-order valence-electron chi connectivity index (χ3n) is 9.21. The Morgan fingerprint density at radius 3 is 1.10 bits per heavy atom. The van der Waals surface area contributed by atoms with Gasteiger partial charge in [0.2, 0.25) is 0 Å². The topological polar surface area (TPSA) is 266 Å². The lowest BCUT2D eigenvalue weighted by atomic mass is 9.97. The summed E-state index contributed by atoms with van der Waals surface area (Å²) in [5, 5.41) is 7.69. The van der Waals surface area contributed by atoms with E-state index in [1.54, 1.807) is 36.4 Å². The zero-order valence-corrected chi connectivity index (χ0v) is 35.0. The highest BCUT2D eigenvalue weighted by Gasteiger charge is 2.53. The van der Waals surface area contributed by atoms with Gasteiger partial charge in [0.25, 0.3) is 0 Å². The highest BCUT2D eigenvalue weighted by Crippen LogP contribution is 2.33. The zero-order chi connectivity index (χ0) is 45.4. The Balaban J connectivity index is 1.49. The number of anilines is 2. The molecule has 334 valence electrons. The number of nitrogens with zero attached hydrogens (tertiary/aromatic N) is 1. The van der Waals surface area contributed by atoms with Gasteiger partial charge in [0.15, 0.2) is 49.1 Å². The van der Waals surface area contributed by atoms with Crippen LogP contribution in [0.15, 0.2) is 42.5 Å². The third-order valence-corrected chi connectivity index (χ3v) is 9.21. The van der Waals surface area contributed by atoms with Gasteiger partial charge in [0.05, 0.1) is 11.0 Å². The minimum Gasteiger partial charge on any atom is -0.463 e. The van der Waals surface area contributed by atoms with Crippen molar-refractivity contribution < 1.29 is 85.7 Å². The Kier molecular flexibility index (Phi) is 15.2. The summed E-state index contributed by atoms with van der Waals surface area (Å²) in [7, 11) is 0. The van der Waals surface area contributed by atoms with Crippen LogP contribution in [0.5, 0.6) is 0 Å². The molecule has 0 radical (unpaired) electrons. The maximum absolute atomic E-state index is 12.3. The summed E-state index contributed by atoms with van der Waals surface area (Å²) < 4.78 is 55.8. The first-order chi connectivity index (χ1) is 29.3. The van der Waals surface area contributed by atoms with Crippen LogP contribution in [0.1, 0.15) is 55.4 Å². The van der Waals surface area contributed by atoms with E-state index >= 15 is 0 Å². The maximum Gasteiger partial charge on any atom is 0.303 e. The van der Waals surface area contributed by atoms with Gasteiger partial charge in [-0.1, -0.05) is 12.1 Å². The fourth-order valence-electron chi connectivity index (χ4n) is 7.02. The van der Waals surface area contributed by atoms with Gasteiger partial charge in [-0.15, -0.1) is 0 Å². The van der Waals surface area contributed by atoms with Crippen LogP contribution in [0.2, 0.25) is 0 Å². The Labute approximate surface area is 354 Å². The van der Waals surface area contributed by atoms with Crippen molar-refractivity contribution in [1.82, 2.24) is 4.98 Å². The summed E-state index contributed by atoms with van der Waals surface area (Å²) in [4.78, 5) is 102. The van der Waals surface area contributed by atoms with Crippen molar-refractivity contribution in [1.29, 1.82) is 0 Å². The molecule has 0 spiro atoms. The van der Waals surface area contributed by atoms with Crippen LogP contribution in [0, 0.1) is 0 Å². The molecule has 3 aromatic rings. The molecule has 0 bridgehead atoms. The van der Waals surface area contributed by atoms with Gasteiger partial charge in [0, 0.05) is 77.5 Å². The Morgan fingerprint density at radius 2 is 0.774 bits per heavy atom. The third kappa shape index (κ3) is 12.2. The Morgan fingerprint density at radius 1 is 0.452 bits per heavy atom. The monoisotopic (exact) mass is 869 g/mol. The molecular formula is C41H47N3O18. The molecule has 0 amide bonds. The van der Waals surface area contributed by atoms with Gasteiger partial charge in [-0.05, 0) is 30.3 Å². The first-order valence-corrected chi connectivity index (χ1v) is 19.3. The second-order valence-corrected chi connectivity index (χ2v) is 14.3. The molecule has 5 rings (SSSR count). The lowest BCUT2D eigenvalue weighted by Crippen LogP contribution is -2.64. The molecule has 62 heavy (non-hydrogen) atoms. The first-order valence-electron chi connectivity index (χ1n) is 19.3. The molecule has 0 aliphatic carbocycles. The van der Waals surface area contributed by atoms with Gasteiger partial charge in [-0.3, -0.25) is 38.4 Å². The number of nitrogens with one attached hydrogen (secondary N) is 2. The smallest absolute Gasteiger partial charge is 0.303 e. The molecule has 2 aliphatic heterocycles. The molecular weight excluding hydrogens is 822 g/mol. The number of carbonyl (C=O) groups is 8. The van der Waals surface area contributed by atoms with Crippen molar-refractivity contribution in [2.75, 3.05) is 23.8 Å². The molecule has 1 aromatic heterocycles.